The Bertz CT molecular complexity index is 130. The van der Waals surface area contributed by atoms with Gasteiger partial charge in [-0.05, 0) is 6.42 Å². The fourth-order valence-electron chi connectivity index (χ4n) is 1.61. The third-order valence-electron chi connectivity index (χ3n) is 2.44. The molecule has 11 heavy (non-hydrogen) atoms. The molecule has 1 atom stereocenters. The number of nitrogens with one attached hydrogen (secondary N) is 1. The van der Waals surface area contributed by atoms with Crippen molar-refractivity contribution in [1.29, 1.82) is 0 Å². The molecule has 0 saturated carbocycles. The van der Waals surface area contributed by atoms with Gasteiger partial charge >= 0.3 is 0 Å². The molecule has 0 radical (unpaired) electrons. The van der Waals surface area contributed by atoms with Gasteiger partial charge in [0.25, 0.3) is 0 Å². The third-order valence-corrected chi connectivity index (χ3v) is 2.44. The molecule has 2 aliphatic rings. The molecule has 0 unspecified atom stereocenters. The van der Waals surface area contributed by atoms with Crippen molar-refractivity contribution in [1.82, 2.24) is 10.2 Å². The van der Waals surface area contributed by atoms with Gasteiger partial charge in [0.1, 0.15) is 6.17 Å². The minimum atomic E-state index is -0.555. The first-order chi connectivity index (χ1) is 4.86. The first kappa shape index (κ1) is 9.23. The summed E-state index contributed by atoms with van der Waals surface area (Å²) < 4.78 is 12.6. The molecule has 2 nitrogen and oxygen atoms in total. The second kappa shape index (κ2) is 3.70. The lowest BCUT2D eigenvalue weighted by molar-refractivity contribution is 0.167. The Balaban J connectivity index is 0.000000605. The van der Waals surface area contributed by atoms with Gasteiger partial charge in [0, 0.05) is 32.2 Å². The largest absolute Gasteiger partial charge is 0.314 e. The first-order valence-corrected chi connectivity index (χ1v) is 3.95. The summed E-state index contributed by atoms with van der Waals surface area (Å²) in [5, 5.41) is 3.19. The zero-order valence-electron chi connectivity index (χ0n) is 6.42. The fourth-order valence-corrected chi connectivity index (χ4v) is 1.61. The van der Waals surface area contributed by atoms with Gasteiger partial charge in [0.05, 0.1) is 0 Å². The topological polar surface area (TPSA) is 15.3 Å². The van der Waals surface area contributed by atoms with Gasteiger partial charge in [-0.2, -0.15) is 0 Å². The molecule has 1 N–H and O–H groups in total. The quantitative estimate of drug-likeness (QED) is 0.630. The minimum absolute atomic E-state index is 0. The maximum atomic E-state index is 12.6. The average Bonchev–Trinajstić information content (AvgIpc) is 2.10. The van der Waals surface area contributed by atoms with E-state index in [0.29, 0.717) is 12.6 Å². The summed E-state index contributed by atoms with van der Waals surface area (Å²) in [4.78, 5) is 2.25. The van der Waals surface area contributed by atoms with Crippen LogP contribution in [0.15, 0.2) is 0 Å². The normalized spacial score (nSPS) is 33.0. The van der Waals surface area contributed by atoms with Crippen LogP contribution in [0.4, 0.5) is 4.39 Å². The van der Waals surface area contributed by atoms with E-state index in [1.807, 2.05) is 0 Å². The summed E-state index contributed by atoms with van der Waals surface area (Å²) in [6.45, 7) is 3.76. The Labute approximate surface area is 72.5 Å². The van der Waals surface area contributed by atoms with Crippen molar-refractivity contribution in [2.45, 2.75) is 18.6 Å². The van der Waals surface area contributed by atoms with Gasteiger partial charge in [-0.15, -0.1) is 12.4 Å². The lowest BCUT2D eigenvalue weighted by Gasteiger charge is -2.35. The Morgan fingerprint density at radius 2 is 2.09 bits per heavy atom. The highest BCUT2D eigenvalue weighted by molar-refractivity contribution is 5.85. The number of hydrogen-bond donors (Lipinski definition) is 1. The lowest BCUT2D eigenvalue weighted by atomic mass is 10.1. The van der Waals surface area contributed by atoms with Crippen LogP contribution in [0.3, 0.4) is 0 Å². The molecule has 2 aliphatic heterocycles. The van der Waals surface area contributed by atoms with Gasteiger partial charge in [0.15, 0.2) is 0 Å². The first-order valence-electron chi connectivity index (χ1n) is 3.95. The van der Waals surface area contributed by atoms with Crippen LogP contribution < -0.4 is 5.32 Å². The molecule has 2 heterocycles. The summed E-state index contributed by atoms with van der Waals surface area (Å²) >= 11 is 0. The van der Waals surface area contributed by atoms with Gasteiger partial charge in [-0.25, -0.2) is 4.39 Å². The number of hydrogen-bond acceptors (Lipinski definition) is 2. The van der Waals surface area contributed by atoms with E-state index in [1.54, 1.807) is 0 Å². The van der Waals surface area contributed by atoms with Crippen molar-refractivity contribution in [3.63, 3.8) is 0 Å². The molecule has 0 bridgehead atoms. The highest BCUT2D eigenvalue weighted by Gasteiger charge is 2.30. The van der Waals surface area contributed by atoms with E-state index in [2.05, 4.69) is 10.2 Å². The highest BCUT2D eigenvalue weighted by atomic mass is 35.5. The predicted octanol–water partition coefficient (Wildman–Crippen LogP) is 0.424. The predicted molar refractivity (Wildman–Crippen MR) is 45.0 cm³/mol. The monoisotopic (exact) mass is 180 g/mol. The maximum Gasteiger partial charge on any atom is 0.114 e. The number of halogens is 2. The Hall–Kier alpha value is 0.140. The molecule has 0 aromatic heterocycles. The van der Waals surface area contributed by atoms with Crippen molar-refractivity contribution >= 4 is 12.4 Å². The van der Waals surface area contributed by atoms with Gasteiger partial charge < -0.3 is 5.32 Å². The van der Waals surface area contributed by atoms with Crippen LogP contribution in [0.1, 0.15) is 6.42 Å². The van der Waals surface area contributed by atoms with E-state index in [-0.39, 0.29) is 12.4 Å². The third kappa shape index (κ3) is 1.83. The Morgan fingerprint density at radius 3 is 2.45 bits per heavy atom. The molecule has 0 aliphatic carbocycles. The molecule has 2 rings (SSSR count). The van der Waals surface area contributed by atoms with E-state index in [4.69, 9.17) is 0 Å². The fraction of sp³-hybridized carbons (Fsp3) is 1.00. The molecular weight excluding hydrogens is 167 g/mol. The molecule has 4 heteroatoms. The number of rotatable bonds is 1. The molecule has 66 valence electrons. The Kier molecular flexibility index (Phi) is 3.10. The second-order valence-corrected chi connectivity index (χ2v) is 3.19. The maximum absolute atomic E-state index is 12.6. The van der Waals surface area contributed by atoms with Crippen LogP contribution in [0, 0.1) is 0 Å². The smallest absolute Gasteiger partial charge is 0.114 e. The average molecular weight is 181 g/mol. The van der Waals surface area contributed by atoms with Crippen LogP contribution in [0.5, 0.6) is 0 Å². The molecule has 0 aromatic carbocycles. The van der Waals surface area contributed by atoms with Gasteiger partial charge in [-0.3, -0.25) is 4.90 Å². The molecular formula is C7H14ClFN2. The Morgan fingerprint density at radius 1 is 1.36 bits per heavy atom. The molecule has 2 fully saturated rings. The number of alkyl halides is 1. The van der Waals surface area contributed by atoms with E-state index in [9.17, 15) is 4.39 Å². The van der Waals surface area contributed by atoms with Crippen LogP contribution in [0.25, 0.3) is 0 Å². The lowest BCUT2D eigenvalue weighted by Crippen LogP contribution is -2.56. The number of nitrogens with zero attached hydrogens (tertiary/aromatic N) is 1. The van der Waals surface area contributed by atoms with Crippen LogP contribution in [-0.4, -0.2) is 43.3 Å². The van der Waals surface area contributed by atoms with Crippen LogP contribution in [-0.2, 0) is 0 Å². The molecule has 0 amide bonds. The second-order valence-electron chi connectivity index (χ2n) is 3.19. The molecule has 2 saturated heterocycles. The van der Waals surface area contributed by atoms with Crippen molar-refractivity contribution in [3.05, 3.63) is 0 Å². The minimum Gasteiger partial charge on any atom is -0.314 e. The standard InChI is InChI=1S/C7H13FN2.ClH/c8-6-1-2-10(5-6)7-3-9-4-7;/h6-7,9H,1-5H2;1H/t6-;/m0./s1. The zero-order valence-corrected chi connectivity index (χ0v) is 7.24. The SMILES string of the molecule is Cl.F[C@H]1CCN(C2CNC2)C1. The molecule has 0 spiro atoms. The highest BCUT2D eigenvalue weighted by Crippen LogP contribution is 2.16. The van der Waals surface area contributed by atoms with E-state index in [1.165, 1.54) is 0 Å². The summed E-state index contributed by atoms with van der Waals surface area (Å²) in [6, 6.07) is 0.640. The summed E-state index contributed by atoms with van der Waals surface area (Å²) in [5.74, 6) is 0. The zero-order chi connectivity index (χ0) is 6.97. The van der Waals surface area contributed by atoms with E-state index in [0.717, 1.165) is 26.1 Å². The van der Waals surface area contributed by atoms with Crippen molar-refractivity contribution in [3.8, 4) is 0 Å². The summed E-state index contributed by atoms with van der Waals surface area (Å²) in [5.41, 5.74) is 0. The summed E-state index contributed by atoms with van der Waals surface area (Å²) in [6.07, 6.45) is 0.192. The van der Waals surface area contributed by atoms with Gasteiger partial charge in [-0.1, -0.05) is 0 Å². The van der Waals surface area contributed by atoms with Gasteiger partial charge in [0.2, 0.25) is 0 Å². The van der Waals surface area contributed by atoms with E-state index < -0.39 is 6.17 Å². The van der Waals surface area contributed by atoms with E-state index >= 15 is 0 Å². The van der Waals surface area contributed by atoms with Crippen LogP contribution >= 0.6 is 12.4 Å². The summed E-state index contributed by atoms with van der Waals surface area (Å²) in [7, 11) is 0. The van der Waals surface area contributed by atoms with Crippen LogP contribution in [0.2, 0.25) is 0 Å². The molecule has 0 aromatic rings. The van der Waals surface area contributed by atoms with Crippen molar-refractivity contribution < 1.29 is 4.39 Å². The number of likely N-dealkylation sites (tertiary alicyclic amines) is 1. The van der Waals surface area contributed by atoms with Crippen molar-refractivity contribution in [2.24, 2.45) is 0 Å². The van der Waals surface area contributed by atoms with Crippen molar-refractivity contribution in [2.75, 3.05) is 26.2 Å².